The van der Waals surface area contributed by atoms with Gasteiger partial charge < -0.3 is 10.4 Å². The van der Waals surface area contributed by atoms with Crippen LogP contribution in [-0.2, 0) is 0 Å². The van der Waals surface area contributed by atoms with Gasteiger partial charge in [0.15, 0.2) is 0 Å². The lowest BCUT2D eigenvalue weighted by Gasteiger charge is -2.09. The van der Waals surface area contributed by atoms with Gasteiger partial charge in [0, 0.05) is 12.3 Å². The Morgan fingerprint density at radius 3 is 3.08 bits per heavy atom. The maximum atomic E-state index is 9.24. The Bertz CT molecular complexity index is 271. The number of hydrogen-bond acceptors (Lipinski definition) is 3. The van der Waals surface area contributed by atoms with Gasteiger partial charge in [0.25, 0.3) is 0 Å². The van der Waals surface area contributed by atoms with Gasteiger partial charge in [-0.25, -0.2) is 0 Å². The normalized spacial score (nSPS) is 22.8. The third-order valence-corrected chi connectivity index (χ3v) is 3.10. The summed E-state index contributed by atoms with van der Waals surface area (Å²) in [5.41, 5.74) is 1.16. The molecule has 0 bridgehead atoms. The van der Waals surface area contributed by atoms with Gasteiger partial charge in [-0.3, -0.25) is 0 Å². The first kappa shape index (κ1) is 7.95. The Morgan fingerprint density at radius 2 is 2.42 bits per heavy atom. The topological polar surface area (TPSA) is 32.3 Å². The highest BCUT2D eigenvalue weighted by Crippen LogP contribution is 2.30. The van der Waals surface area contributed by atoms with E-state index in [9.17, 15) is 5.11 Å². The Balaban J connectivity index is 2.21. The minimum absolute atomic E-state index is 0.349. The molecule has 1 aromatic carbocycles. The fraction of sp³-hybridized carbons (Fsp3) is 0.333. The van der Waals surface area contributed by atoms with Gasteiger partial charge in [-0.05, 0) is 17.7 Å². The lowest BCUT2D eigenvalue weighted by Crippen LogP contribution is -2.11. The molecular weight excluding hydrogens is 170 g/mol. The van der Waals surface area contributed by atoms with Crippen molar-refractivity contribution in [1.29, 1.82) is 0 Å². The number of nitrogens with one attached hydrogen (secondary N) is 1. The Kier molecular flexibility index (Phi) is 2.23. The molecule has 3 heteroatoms. The van der Waals surface area contributed by atoms with Crippen molar-refractivity contribution in [2.45, 2.75) is 5.37 Å². The smallest absolute Gasteiger partial charge is 0.115 e. The van der Waals surface area contributed by atoms with Crippen LogP contribution in [0.4, 0.5) is 0 Å². The highest BCUT2D eigenvalue weighted by molar-refractivity contribution is 7.99. The molecular formula is C9H11NOS. The number of thioether (sulfide) groups is 1. The molecule has 1 heterocycles. The van der Waals surface area contributed by atoms with Crippen LogP contribution >= 0.6 is 11.8 Å². The van der Waals surface area contributed by atoms with Crippen molar-refractivity contribution < 1.29 is 5.11 Å². The molecule has 0 amide bonds. The second-order valence-electron chi connectivity index (χ2n) is 2.80. The molecule has 0 saturated carbocycles. The maximum Gasteiger partial charge on any atom is 0.115 e. The Labute approximate surface area is 76.0 Å². The summed E-state index contributed by atoms with van der Waals surface area (Å²) in [6.45, 7) is 1.06. The molecule has 2 N–H and O–H groups in total. The quantitative estimate of drug-likeness (QED) is 0.692. The van der Waals surface area contributed by atoms with Crippen LogP contribution in [0.5, 0.6) is 5.75 Å². The standard InChI is InChI=1S/C9H11NOS/c11-8-3-1-2-7(6-8)9-10-4-5-12-9/h1-3,6,9-11H,4-5H2/t9-/m0/s1. The summed E-state index contributed by atoms with van der Waals surface area (Å²) in [5, 5.41) is 13.0. The van der Waals surface area contributed by atoms with Gasteiger partial charge in [0.05, 0.1) is 5.37 Å². The summed E-state index contributed by atoms with van der Waals surface area (Å²) >= 11 is 1.88. The molecule has 2 nitrogen and oxygen atoms in total. The zero-order chi connectivity index (χ0) is 8.39. The van der Waals surface area contributed by atoms with Crippen LogP contribution < -0.4 is 5.32 Å². The molecule has 0 radical (unpaired) electrons. The average Bonchev–Trinajstić information content (AvgIpc) is 2.56. The summed E-state index contributed by atoms with van der Waals surface area (Å²) in [6.07, 6.45) is 0. The van der Waals surface area contributed by atoms with E-state index in [2.05, 4.69) is 5.32 Å². The molecule has 0 aliphatic carbocycles. The number of rotatable bonds is 1. The van der Waals surface area contributed by atoms with Crippen molar-refractivity contribution in [3.63, 3.8) is 0 Å². The predicted molar refractivity (Wildman–Crippen MR) is 51.3 cm³/mol. The monoisotopic (exact) mass is 181 g/mol. The van der Waals surface area contributed by atoms with Crippen LogP contribution in [0.1, 0.15) is 10.9 Å². The highest BCUT2D eigenvalue weighted by Gasteiger charge is 2.16. The zero-order valence-corrected chi connectivity index (χ0v) is 7.47. The Morgan fingerprint density at radius 1 is 1.50 bits per heavy atom. The number of phenols is 1. The van der Waals surface area contributed by atoms with Crippen LogP contribution in [0, 0.1) is 0 Å². The van der Waals surface area contributed by atoms with Gasteiger partial charge in [-0.15, -0.1) is 11.8 Å². The Hall–Kier alpha value is -0.670. The molecule has 64 valence electrons. The van der Waals surface area contributed by atoms with E-state index < -0.39 is 0 Å². The fourth-order valence-corrected chi connectivity index (χ4v) is 2.37. The van der Waals surface area contributed by atoms with Crippen molar-refractivity contribution in [3.8, 4) is 5.75 Å². The molecule has 1 aliphatic heterocycles. The molecule has 12 heavy (non-hydrogen) atoms. The molecule has 1 saturated heterocycles. The largest absolute Gasteiger partial charge is 0.508 e. The number of benzene rings is 1. The lowest BCUT2D eigenvalue weighted by atomic mass is 10.2. The third-order valence-electron chi connectivity index (χ3n) is 1.89. The molecule has 1 atom stereocenters. The van der Waals surface area contributed by atoms with Gasteiger partial charge in [-0.2, -0.15) is 0 Å². The first-order valence-electron chi connectivity index (χ1n) is 4.00. The summed E-state index contributed by atoms with van der Waals surface area (Å²) in [4.78, 5) is 0. The first-order valence-corrected chi connectivity index (χ1v) is 5.05. The van der Waals surface area contributed by atoms with Gasteiger partial charge >= 0.3 is 0 Å². The van der Waals surface area contributed by atoms with Crippen molar-refractivity contribution >= 4 is 11.8 Å². The van der Waals surface area contributed by atoms with Crippen molar-refractivity contribution in [2.24, 2.45) is 0 Å². The molecule has 0 spiro atoms. The highest BCUT2D eigenvalue weighted by atomic mass is 32.2. The van der Waals surface area contributed by atoms with E-state index in [1.165, 1.54) is 0 Å². The zero-order valence-electron chi connectivity index (χ0n) is 6.66. The van der Waals surface area contributed by atoms with E-state index in [1.807, 2.05) is 30.0 Å². The van der Waals surface area contributed by atoms with E-state index in [4.69, 9.17) is 0 Å². The minimum Gasteiger partial charge on any atom is -0.508 e. The average molecular weight is 181 g/mol. The summed E-state index contributed by atoms with van der Waals surface area (Å²) in [5.74, 6) is 1.50. The van der Waals surface area contributed by atoms with E-state index in [0.29, 0.717) is 11.1 Å². The molecule has 1 aliphatic rings. The van der Waals surface area contributed by atoms with Crippen LogP contribution in [0.2, 0.25) is 0 Å². The predicted octanol–water partition coefficient (Wildman–Crippen LogP) is 1.73. The molecule has 2 rings (SSSR count). The lowest BCUT2D eigenvalue weighted by molar-refractivity contribution is 0.474. The van der Waals surface area contributed by atoms with Gasteiger partial charge in [-0.1, -0.05) is 12.1 Å². The second-order valence-corrected chi connectivity index (χ2v) is 4.01. The number of aromatic hydroxyl groups is 1. The first-order chi connectivity index (χ1) is 5.86. The maximum absolute atomic E-state index is 9.24. The SMILES string of the molecule is Oc1cccc([C@H]2NCCS2)c1. The van der Waals surface area contributed by atoms with E-state index >= 15 is 0 Å². The van der Waals surface area contributed by atoms with Crippen LogP contribution in [0.15, 0.2) is 24.3 Å². The van der Waals surface area contributed by atoms with Gasteiger partial charge in [0.1, 0.15) is 5.75 Å². The molecule has 0 aromatic heterocycles. The summed E-state index contributed by atoms with van der Waals surface area (Å²) in [6, 6.07) is 7.43. The summed E-state index contributed by atoms with van der Waals surface area (Å²) in [7, 11) is 0. The van der Waals surface area contributed by atoms with E-state index in [-0.39, 0.29) is 0 Å². The fourth-order valence-electron chi connectivity index (χ4n) is 1.33. The summed E-state index contributed by atoms with van der Waals surface area (Å²) < 4.78 is 0. The van der Waals surface area contributed by atoms with Crippen molar-refractivity contribution in [1.82, 2.24) is 5.32 Å². The number of phenolic OH excluding ortho intramolecular Hbond substituents is 1. The van der Waals surface area contributed by atoms with E-state index in [1.54, 1.807) is 6.07 Å². The van der Waals surface area contributed by atoms with Crippen LogP contribution in [0.25, 0.3) is 0 Å². The van der Waals surface area contributed by atoms with Crippen molar-refractivity contribution in [3.05, 3.63) is 29.8 Å². The molecule has 1 fully saturated rings. The minimum atomic E-state index is 0.349. The van der Waals surface area contributed by atoms with Crippen molar-refractivity contribution in [2.75, 3.05) is 12.3 Å². The van der Waals surface area contributed by atoms with Crippen LogP contribution in [-0.4, -0.2) is 17.4 Å². The van der Waals surface area contributed by atoms with Gasteiger partial charge in [0.2, 0.25) is 0 Å². The number of hydrogen-bond donors (Lipinski definition) is 2. The van der Waals surface area contributed by atoms with E-state index in [0.717, 1.165) is 17.9 Å². The second kappa shape index (κ2) is 3.37. The van der Waals surface area contributed by atoms with Crippen LogP contribution in [0.3, 0.4) is 0 Å². The third kappa shape index (κ3) is 1.57. The molecule has 1 aromatic rings. The molecule has 0 unspecified atom stereocenters.